The molecule has 0 bridgehead atoms. The second kappa shape index (κ2) is 13.4. The largest absolute Gasteiger partial charge is 0.469 e. The maximum Gasteiger partial charge on any atom is 0.308 e. The number of hydrogen-bond acceptors (Lipinski definition) is 5. The Morgan fingerprint density at radius 2 is 1.47 bits per heavy atom. The summed E-state index contributed by atoms with van der Waals surface area (Å²) in [4.78, 5) is 15.0. The van der Waals surface area contributed by atoms with Crippen LogP contribution in [0.25, 0.3) is 0 Å². The maximum absolute atomic E-state index is 12.5. The van der Waals surface area contributed by atoms with Gasteiger partial charge in [-0.1, -0.05) is 91.0 Å². The van der Waals surface area contributed by atoms with Crippen LogP contribution in [-0.2, 0) is 32.2 Å². The predicted octanol–water partition coefficient (Wildman–Crippen LogP) is 5.80. The number of likely N-dealkylation sites (tertiary alicyclic amines) is 1. The van der Waals surface area contributed by atoms with Gasteiger partial charge in [-0.3, -0.25) is 9.69 Å². The van der Waals surface area contributed by atoms with Gasteiger partial charge >= 0.3 is 5.97 Å². The Balaban J connectivity index is 1.56. The number of carbonyl (C=O) groups is 1. The first-order chi connectivity index (χ1) is 17.7. The summed E-state index contributed by atoms with van der Waals surface area (Å²) in [7, 11) is 1.47. The number of rotatable bonds is 11. The van der Waals surface area contributed by atoms with Gasteiger partial charge in [0.2, 0.25) is 0 Å². The first kappa shape index (κ1) is 26.1. The summed E-state index contributed by atoms with van der Waals surface area (Å²) in [5.74, 6) is -0.282. The van der Waals surface area contributed by atoms with E-state index < -0.39 is 0 Å². The lowest BCUT2D eigenvalue weighted by Crippen LogP contribution is -2.53. The molecule has 0 N–H and O–H groups in total. The molecule has 5 nitrogen and oxygen atoms in total. The first-order valence-electron chi connectivity index (χ1n) is 12.8. The maximum atomic E-state index is 12.5. The topological polar surface area (TPSA) is 48.0 Å². The summed E-state index contributed by atoms with van der Waals surface area (Å²) in [6.45, 7) is 4.49. The number of hydrogen-bond donors (Lipinski definition) is 0. The van der Waals surface area contributed by atoms with Crippen molar-refractivity contribution in [1.29, 1.82) is 0 Å². The zero-order valence-electron chi connectivity index (χ0n) is 21.3. The fourth-order valence-corrected chi connectivity index (χ4v) is 5.08. The summed E-state index contributed by atoms with van der Waals surface area (Å²) in [5, 5.41) is 0. The molecule has 4 rings (SSSR count). The highest BCUT2D eigenvalue weighted by Gasteiger charge is 2.40. The average Bonchev–Trinajstić information content (AvgIpc) is 2.95. The van der Waals surface area contributed by atoms with Crippen molar-refractivity contribution in [2.45, 2.75) is 51.2 Å². The van der Waals surface area contributed by atoms with Crippen LogP contribution in [-0.4, -0.2) is 43.3 Å². The van der Waals surface area contributed by atoms with Crippen molar-refractivity contribution in [2.75, 3.05) is 20.3 Å². The number of piperidine rings is 1. The first-order valence-corrected chi connectivity index (χ1v) is 12.8. The number of carbonyl (C=O) groups excluding carboxylic acids is 1. The third-order valence-electron chi connectivity index (χ3n) is 7.13. The Bertz CT molecular complexity index is 1040. The van der Waals surface area contributed by atoms with Gasteiger partial charge in [-0.2, -0.15) is 0 Å². The molecule has 190 valence electrons. The van der Waals surface area contributed by atoms with E-state index in [-0.39, 0.29) is 30.1 Å². The normalized spacial score (nSPS) is 19.9. The molecular formula is C31H37NO4. The molecule has 0 amide bonds. The van der Waals surface area contributed by atoms with E-state index in [9.17, 15) is 4.79 Å². The van der Waals surface area contributed by atoms with Crippen LogP contribution in [0.15, 0.2) is 91.0 Å². The van der Waals surface area contributed by atoms with Gasteiger partial charge in [-0.05, 0) is 43.0 Å². The SMILES string of the molecule is COC(=O)[C@@H]1CCN([C@@H](C)c2ccccc2)[C@@H]([C@@H](COCc2ccccc2)OCc2ccccc2)C1. The number of methoxy groups -OCH3 is 1. The van der Waals surface area contributed by atoms with Crippen LogP contribution in [0.2, 0.25) is 0 Å². The molecule has 0 unspecified atom stereocenters. The number of nitrogens with zero attached hydrogens (tertiary/aromatic N) is 1. The van der Waals surface area contributed by atoms with Crippen LogP contribution in [0.1, 0.15) is 42.5 Å². The van der Waals surface area contributed by atoms with Crippen LogP contribution < -0.4 is 0 Å². The van der Waals surface area contributed by atoms with Crippen molar-refractivity contribution >= 4 is 5.97 Å². The second-order valence-corrected chi connectivity index (χ2v) is 9.47. The Hall–Kier alpha value is -2.99. The third-order valence-corrected chi connectivity index (χ3v) is 7.13. The fourth-order valence-electron chi connectivity index (χ4n) is 5.08. The third kappa shape index (κ3) is 7.03. The van der Waals surface area contributed by atoms with Crippen molar-refractivity contribution in [3.63, 3.8) is 0 Å². The summed E-state index contributed by atoms with van der Waals surface area (Å²) in [5.41, 5.74) is 3.50. The highest BCUT2D eigenvalue weighted by atomic mass is 16.5. The molecule has 5 heteroatoms. The standard InChI is InChI=1S/C31H37NO4/c1-24(27-16-10-5-11-17-27)32-19-18-28(31(33)34-2)20-29(32)30(36-22-26-14-8-4-9-15-26)23-35-21-25-12-6-3-7-13-25/h3-17,24,28-30H,18-23H2,1-2H3/t24-,28+,29+,30+/m0/s1. The highest BCUT2D eigenvalue weighted by Crippen LogP contribution is 2.34. The molecule has 0 aliphatic carbocycles. The van der Waals surface area contributed by atoms with E-state index in [1.807, 2.05) is 42.5 Å². The van der Waals surface area contributed by atoms with E-state index in [0.29, 0.717) is 26.2 Å². The lowest BCUT2D eigenvalue weighted by molar-refractivity contribution is -0.151. The van der Waals surface area contributed by atoms with Crippen molar-refractivity contribution < 1.29 is 19.0 Å². The molecule has 1 aliphatic heterocycles. The minimum absolute atomic E-state index is 0.0116. The van der Waals surface area contributed by atoms with Gasteiger partial charge < -0.3 is 14.2 Å². The second-order valence-electron chi connectivity index (χ2n) is 9.47. The molecule has 0 spiro atoms. The van der Waals surface area contributed by atoms with Gasteiger partial charge in [0, 0.05) is 12.1 Å². The molecule has 0 radical (unpaired) electrons. The van der Waals surface area contributed by atoms with E-state index in [2.05, 4.69) is 60.4 Å². The monoisotopic (exact) mass is 487 g/mol. The minimum Gasteiger partial charge on any atom is -0.469 e. The molecular weight excluding hydrogens is 450 g/mol. The molecule has 0 aromatic heterocycles. The van der Waals surface area contributed by atoms with Gasteiger partial charge in [0.15, 0.2) is 0 Å². The van der Waals surface area contributed by atoms with E-state index in [1.54, 1.807) is 0 Å². The minimum atomic E-state index is -0.201. The van der Waals surface area contributed by atoms with Gasteiger partial charge in [0.1, 0.15) is 0 Å². The molecule has 3 aromatic carbocycles. The van der Waals surface area contributed by atoms with E-state index in [4.69, 9.17) is 14.2 Å². The van der Waals surface area contributed by atoms with Crippen molar-refractivity contribution in [1.82, 2.24) is 4.90 Å². The number of ether oxygens (including phenoxy) is 3. The van der Waals surface area contributed by atoms with Crippen molar-refractivity contribution in [3.05, 3.63) is 108 Å². The smallest absolute Gasteiger partial charge is 0.308 e. The lowest BCUT2D eigenvalue weighted by Gasteiger charge is -2.45. The fraction of sp³-hybridized carbons (Fsp3) is 0.387. The number of esters is 1. The van der Waals surface area contributed by atoms with E-state index in [1.165, 1.54) is 12.7 Å². The van der Waals surface area contributed by atoms with Gasteiger partial charge in [0.25, 0.3) is 0 Å². The molecule has 1 fully saturated rings. The summed E-state index contributed by atoms with van der Waals surface area (Å²) in [6, 6.07) is 31.1. The van der Waals surface area contributed by atoms with E-state index >= 15 is 0 Å². The molecule has 1 aliphatic rings. The zero-order valence-corrected chi connectivity index (χ0v) is 21.3. The van der Waals surface area contributed by atoms with Crippen LogP contribution in [0.4, 0.5) is 0 Å². The van der Waals surface area contributed by atoms with Gasteiger partial charge in [-0.15, -0.1) is 0 Å². The van der Waals surface area contributed by atoms with Gasteiger partial charge in [0.05, 0.1) is 39.0 Å². The molecule has 3 aromatic rings. The zero-order chi connectivity index (χ0) is 25.2. The summed E-state index contributed by atoms with van der Waals surface area (Å²) < 4.78 is 17.9. The molecule has 4 atom stereocenters. The van der Waals surface area contributed by atoms with Crippen molar-refractivity contribution in [3.8, 4) is 0 Å². The van der Waals surface area contributed by atoms with Gasteiger partial charge in [-0.25, -0.2) is 0 Å². The Morgan fingerprint density at radius 3 is 2.08 bits per heavy atom. The molecule has 0 saturated carbocycles. The lowest BCUT2D eigenvalue weighted by atomic mass is 9.86. The van der Waals surface area contributed by atoms with Crippen LogP contribution in [0.5, 0.6) is 0 Å². The molecule has 1 saturated heterocycles. The van der Waals surface area contributed by atoms with Crippen LogP contribution in [0.3, 0.4) is 0 Å². The summed E-state index contributed by atoms with van der Waals surface area (Å²) in [6.07, 6.45) is 1.25. The average molecular weight is 488 g/mol. The Labute approximate surface area is 215 Å². The molecule has 1 heterocycles. The van der Waals surface area contributed by atoms with Crippen LogP contribution in [0, 0.1) is 5.92 Å². The number of benzene rings is 3. The van der Waals surface area contributed by atoms with E-state index in [0.717, 1.165) is 24.1 Å². The van der Waals surface area contributed by atoms with Crippen LogP contribution >= 0.6 is 0 Å². The quantitative estimate of drug-likeness (QED) is 0.320. The highest BCUT2D eigenvalue weighted by molar-refractivity contribution is 5.72. The van der Waals surface area contributed by atoms with Crippen molar-refractivity contribution in [2.24, 2.45) is 5.92 Å². The Morgan fingerprint density at radius 1 is 0.889 bits per heavy atom. The summed E-state index contributed by atoms with van der Waals surface area (Å²) >= 11 is 0. The predicted molar refractivity (Wildman–Crippen MR) is 141 cm³/mol. The molecule has 36 heavy (non-hydrogen) atoms. The Kier molecular flexibility index (Phi) is 9.68.